The molecule has 1 saturated heterocycles. The normalized spacial score (nSPS) is 14.3. The summed E-state index contributed by atoms with van der Waals surface area (Å²) in [6.45, 7) is 2.94. The topological polar surface area (TPSA) is 47.9 Å². The van der Waals surface area contributed by atoms with Crippen molar-refractivity contribution in [1.29, 1.82) is 0 Å². The van der Waals surface area contributed by atoms with Gasteiger partial charge in [-0.25, -0.2) is 17.6 Å². The number of carbonyl (C=O) groups is 1. The Morgan fingerprint density at radius 3 is 2.20 bits per heavy atom. The third-order valence-electron chi connectivity index (χ3n) is 5.71. The minimum absolute atomic E-state index is 0.112. The fourth-order valence-electron chi connectivity index (χ4n) is 3.73. The zero-order valence-corrected chi connectivity index (χ0v) is 19.4. The summed E-state index contributed by atoms with van der Waals surface area (Å²) in [5.74, 6) is -3.58. The van der Waals surface area contributed by atoms with E-state index in [9.17, 15) is 22.4 Å². The predicted octanol–water partition coefficient (Wildman–Crippen LogP) is 5.69. The van der Waals surface area contributed by atoms with Crippen LogP contribution in [0.3, 0.4) is 0 Å². The van der Waals surface area contributed by atoms with Gasteiger partial charge in [-0.2, -0.15) is 5.10 Å². The second-order valence-corrected chi connectivity index (χ2v) is 8.41. The highest BCUT2D eigenvalue weighted by atomic mass is 35.5. The van der Waals surface area contributed by atoms with Crippen LogP contribution in [0.4, 0.5) is 28.9 Å². The summed E-state index contributed by atoms with van der Waals surface area (Å²) in [6.07, 6.45) is 0. The van der Waals surface area contributed by atoms with E-state index in [1.165, 1.54) is 23.1 Å². The van der Waals surface area contributed by atoms with Gasteiger partial charge in [-0.1, -0.05) is 17.7 Å². The van der Waals surface area contributed by atoms with Crippen molar-refractivity contribution in [2.45, 2.75) is 6.92 Å². The number of benzene rings is 3. The van der Waals surface area contributed by atoms with E-state index in [0.29, 0.717) is 35.7 Å². The Labute approximate surface area is 204 Å². The number of rotatable bonds is 5. The number of hydrazone groups is 1. The Morgan fingerprint density at radius 2 is 1.54 bits per heavy atom. The van der Waals surface area contributed by atoms with Gasteiger partial charge in [0.2, 0.25) is 0 Å². The summed E-state index contributed by atoms with van der Waals surface area (Å²) in [4.78, 5) is 16.0. The monoisotopic (exact) mass is 504 g/mol. The van der Waals surface area contributed by atoms with Crippen LogP contribution in [0.25, 0.3) is 0 Å². The zero-order chi connectivity index (χ0) is 25.1. The molecular weight excluding hydrogens is 484 g/mol. The molecule has 0 radical (unpaired) electrons. The van der Waals surface area contributed by atoms with Crippen LogP contribution in [0.5, 0.6) is 0 Å². The average molecular weight is 505 g/mol. The Kier molecular flexibility index (Phi) is 7.25. The molecule has 3 aromatic rings. The van der Waals surface area contributed by atoms with Crippen molar-refractivity contribution in [2.75, 3.05) is 36.5 Å². The number of amides is 1. The van der Waals surface area contributed by atoms with Crippen LogP contribution >= 0.6 is 11.6 Å². The van der Waals surface area contributed by atoms with Crippen molar-refractivity contribution in [3.05, 3.63) is 94.0 Å². The van der Waals surface area contributed by atoms with Crippen LogP contribution in [0.15, 0.2) is 59.7 Å². The fourth-order valence-corrected chi connectivity index (χ4v) is 3.96. The molecule has 0 saturated carbocycles. The van der Waals surface area contributed by atoms with Gasteiger partial charge >= 0.3 is 0 Å². The first-order chi connectivity index (χ1) is 16.7. The van der Waals surface area contributed by atoms with Gasteiger partial charge in [0, 0.05) is 31.7 Å². The van der Waals surface area contributed by atoms with Crippen molar-refractivity contribution in [2.24, 2.45) is 5.10 Å². The highest BCUT2D eigenvalue weighted by Gasteiger charge is 2.26. The van der Waals surface area contributed by atoms with Crippen molar-refractivity contribution < 1.29 is 22.4 Å². The van der Waals surface area contributed by atoms with Crippen LogP contribution in [0.1, 0.15) is 22.8 Å². The first-order valence-electron chi connectivity index (χ1n) is 10.8. The number of hydrogen-bond acceptors (Lipinski definition) is 4. The van der Waals surface area contributed by atoms with E-state index in [1.54, 1.807) is 36.1 Å². The van der Waals surface area contributed by atoms with E-state index in [4.69, 9.17) is 11.6 Å². The fraction of sp³-hybridized carbons (Fsp3) is 0.200. The summed E-state index contributed by atoms with van der Waals surface area (Å²) in [6, 6.07) is 12.0. The van der Waals surface area contributed by atoms with Crippen LogP contribution in [-0.2, 0) is 0 Å². The largest absolute Gasteiger partial charge is 0.366 e. The first kappa shape index (κ1) is 24.5. The van der Waals surface area contributed by atoms with Crippen molar-refractivity contribution in [3.63, 3.8) is 0 Å². The van der Waals surface area contributed by atoms with Crippen LogP contribution in [0, 0.1) is 23.3 Å². The maximum absolute atomic E-state index is 14.9. The van der Waals surface area contributed by atoms with E-state index in [1.807, 2.05) is 0 Å². The molecule has 3 aromatic carbocycles. The van der Waals surface area contributed by atoms with Gasteiger partial charge in [0.1, 0.15) is 11.6 Å². The molecule has 1 heterocycles. The molecule has 0 bridgehead atoms. The molecule has 0 aromatic heterocycles. The number of carbonyl (C=O) groups excluding carboxylic acids is 1. The Balaban J connectivity index is 1.40. The maximum Gasteiger partial charge on any atom is 0.255 e. The quantitative estimate of drug-likeness (QED) is 0.210. The third-order valence-corrected chi connectivity index (χ3v) is 6.02. The zero-order valence-electron chi connectivity index (χ0n) is 18.7. The van der Waals surface area contributed by atoms with E-state index in [2.05, 4.69) is 10.5 Å². The standard InChI is InChI=1S/C25H21ClF4N4O/c1-15(31-32-18-5-3-17(27)4-6-18)16-2-7-24(23(30)12-16)33-8-10-34(11-9-33)25(35)19-13-21(28)22(29)14-20(19)26/h2-7,12-14,32H,8-11H2,1H3/b31-15+. The second kappa shape index (κ2) is 10.4. The number of nitrogens with zero attached hydrogens (tertiary/aromatic N) is 3. The molecule has 0 spiro atoms. The van der Waals surface area contributed by atoms with Crippen LogP contribution < -0.4 is 10.3 Å². The molecule has 0 atom stereocenters. The lowest BCUT2D eigenvalue weighted by molar-refractivity contribution is 0.0746. The van der Waals surface area contributed by atoms with E-state index in [0.717, 1.165) is 12.1 Å². The van der Waals surface area contributed by atoms with Crippen molar-refractivity contribution in [1.82, 2.24) is 4.90 Å². The predicted molar refractivity (Wildman–Crippen MR) is 128 cm³/mol. The van der Waals surface area contributed by atoms with Crippen molar-refractivity contribution >= 4 is 34.6 Å². The summed E-state index contributed by atoms with van der Waals surface area (Å²) < 4.78 is 54.8. The van der Waals surface area contributed by atoms with Gasteiger partial charge in [0.25, 0.3) is 5.91 Å². The lowest BCUT2D eigenvalue weighted by Crippen LogP contribution is -2.49. The lowest BCUT2D eigenvalue weighted by atomic mass is 10.1. The van der Waals surface area contributed by atoms with Crippen LogP contribution in [0.2, 0.25) is 5.02 Å². The van der Waals surface area contributed by atoms with Gasteiger partial charge in [-0.05, 0) is 55.5 Å². The number of anilines is 2. The highest BCUT2D eigenvalue weighted by molar-refractivity contribution is 6.33. The smallest absolute Gasteiger partial charge is 0.255 e. The molecule has 4 rings (SSSR count). The van der Waals surface area contributed by atoms with E-state index in [-0.39, 0.29) is 29.5 Å². The Morgan fingerprint density at radius 1 is 0.886 bits per heavy atom. The molecule has 1 aliphatic rings. The minimum atomic E-state index is -1.15. The third kappa shape index (κ3) is 5.57. The Bertz CT molecular complexity index is 1280. The molecule has 35 heavy (non-hydrogen) atoms. The number of nitrogens with one attached hydrogen (secondary N) is 1. The number of piperazine rings is 1. The molecule has 10 heteroatoms. The SMILES string of the molecule is C/C(=N\Nc1ccc(F)cc1)c1ccc(N2CCN(C(=O)c3cc(F)c(F)cc3Cl)CC2)c(F)c1. The highest BCUT2D eigenvalue weighted by Crippen LogP contribution is 2.25. The number of hydrogen-bond donors (Lipinski definition) is 1. The molecule has 5 nitrogen and oxygen atoms in total. The molecule has 182 valence electrons. The molecule has 1 aliphatic heterocycles. The molecule has 1 fully saturated rings. The van der Waals surface area contributed by atoms with Gasteiger partial charge in [0.05, 0.1) is 27.7 Å². The number of halogens is 5. The van der Waals surface area contributed by atoms with Gasteiger partial charge in [-0.15, -0.1) is 0 Å². The average Bonchev–Trinajstić information content (AvgIpc) is 2.85. The summed E-state index contributed by atoms with van der Waals surface area (Å²) in [5.41, 5.74) is 4.78. The van der Waals surface area contributed by atoms with E-state index >= 15 is 0 Å². The molecule has 0 unspecified atom stereocenters. The van der Waals surface area contributed by atoms with Crippen molar-refractivity contribution in [3.8, 4) is 0 Å². The van der Waals surface area contributed by atoms with E-state index < -0.39 is 23.4 Å². The molecular formula is C25H21ClF4N4O. The summed E-state index contributed by atoms with van der Waals surface area (Å²) in [7, 11) is 0. The summed E-state index contributed by atoms with van der Waals surface area (Å²) in [5, 5.41) is 4.05. The summed E-state index contributed by atoms with van der Waals surface area (Å²) >= 11 is 5.92. The molecule has 1 N–H and O–H groups in total. The van der Waals surface area contributed by atoms with Gasteiger partial charge in [0.15, 0.2) is 11.6 Å². The first-order valence-corrected chi connectivity index (χ1v) is 11.2. The van der Waals surface area contributed by atoms with Crippen LogP contribution in [-0.4, -0.2) is 42.7 Å². The minimum Gasteiger partial charge on any atom is -0.366 e. The Hall–Kier alpha value is -3.59. The van der Waals surface area contributed by atoms with Gasteiger partial charge < -0.3 is 9.80 Å². The second-order valence-electron chi connectivity index (χ2n) is 8.01. The lowest BCUT2D eigenvalue weighted by Gasteiger charge is -2.36. The molecule has 0 aliphatic carbocycles. The van der Waals surface area contributed by atoms with Gasteiger partial charge in [-0.3, -0.25) is 10.2 Å². The molecule has 1 amide bonds. The maximum atomic E-state index is 14.9.